The van der Waals surface area contributed by atoms with Crippen molar-refractivity contribution in [3.8, 4) is 23.8 Å². The largest absolute Gasteiger partial charge is 0.484 e. The molecule has 0 spiro atoms. The highest BCUT2D eigenvalue weighted by Gasteiger charge is 2.04. The Balaban J connectivity index is 1.68. The van der Waals surface area contributed by atoms with E-state index in [-0.39, 0.29) is 24.9 Å². The second-order valence-electron chi connectivity index (χ2n) is 5.61. The van der Waals surface area contributed by atoms with E-state index in [1.54, 1.807) is 24.3 Å². The molecule has 0 aliphatic rings. The average Bonchev–Trinajstić information content (AvgIpc) is 2.66. The van der Waals surface area contributed by atoms with Crippen LogP contribution in [-0.4, -0.2) is 31.4 Å². The van der Waals surface area contributed by atoms with E-state index in [1.807, 2.05) is 24.3 Å². The molecule has 134 valence electrons. The Morgan fingerprint density at radius 1 is 1.00 bits per heavy atom. The first-order chi connectivity index (χ1) is 12.6. The van der Waals surface area contributed by atoms with Gasteiger partial charge in [0.15, 0.2) is 12.4 Å². The first-order valence-electron chi connectivity index (χ1n) is 8.24. The van der Waals surface area contributed by atoms with E-state index >= 15 is 0 Å². The van der Waals surface area contributed by atoms with Crippen molar-refractivity contribution in [1.82, 2.24) is 5.32 Å². The normalized spacial score (nSPS) is 9.85. The van der Waals surface area contributed by atoms with E-state index in [2.05, 4.69) is 11.2 Å². The molecule has 0 saturated carbocycles. The van der Waals surface area contributed by atoms with Crippen LogP contribution in [0.3, 0.4) is 0 Å². The maximum atomic E-state index is 11.8. The van der Waals surface area contributed by atoms with Crippen molar-refractivity contribution >= 4 is 11.7 Å². The molecule has 0 radical (unpaired) electrons. The molecule has 0 unspecified atom stereocenters. The second-order valence-corrected chi connectivity index (χ2v) is 5.61. The zero-order valence-electron chi connectivity index (χ0n) is 14.7. The van der Waals surface area contributed by atoms with Gasteiger partial charge in [-0.25, -0.2) is 0 Å². The van der Waals surface area contributed by atoms with Crippen LogP contribution in [0.5, 0.6) is 11.5 Å². The van der Waals surface area contributed by atoms with Crippen LogP contribution in [-0.2, 0) is 11.2 Å². The van der Waals surface area contributed by atoms with Gasteiger partial charge in [0.1, 0.15) is 18.1 Å². The van der Waals surface area contributed by atoms with Gasteiger partial charge in [-0.2, -0.15) is 0 Å². The van der Waals surface area contributed by atoms with Crippen LogP contribution in [0.4, 0.5) is 0 Å². The van der Waals surface area contributed by atoms with Gasteiger partial charge in [0.25, 0.3) is 5.91 Å². The summed E-state index contributed by atoms with van der Waals surface area (Å²) in [5.74, 6) is 3.47. The van der Waals surface area contributed by atoms with Crippen LogP contribution in [0.1, 0.15) is 22.8 Å². The summed E-state index contributed by atoms with van der Waals surface area (Å²) >= 11 is 0. The van der Waals surface area contributed by atoms with Gasteiger partial charge in [-0.15, -0.1) is 6.42 Å². The van der Waals surface area contributed by atoms with Gasteiger partial charge >= 0.3 is 0 Å². The third-order valence-electron chi connectivity index (χ3n) is 3.61. The fourth-order valence-corrected chi connectivity index (χ4v) is 2.21. The zero-order chi connectivity index (χ0) is 18.8. The van der Waals surface area contributed by atoms with Crippen LogP contribution in [0.25, 0.3) is 0 Å². The average molecular weight is 351 g/mol. The fraction of sp³-hybridized carbons (Fsp3) is 0.238. The Hall–Kier alpha value is -3.26. The molecule has 0 atom stereocenters. The molecular weight excluding hydrogens is 330 g/mol. The van der Waals surface area contributed by atoms with Crippen molar-refractivity contribution in [1.29, 1.82) is 0 Å². The fourth-order valence-electron chi connectivity index (χ4n) is 2.21. The van der Waals surface area contributed by atoms with Crippen molar-refractivity contribution in [2.24, 2.45) is 0 Å². The number of nitrogens with one attached hydrogen (secondary N) is 1. The van der Waals surface area contributed by atoms with Crippen molar-refractivity contribution in [2.75, 3.05) is 19.8 Å². The van der Waals surface area contributed by atoms with Crippen LogP contribution >= 0.6 is 0 Å². The number of benzene rings is 2. The van der Waals surface area contributed by atoms with Crippen LogP contribution in [0.15, 0.2) is 48.5 Å². The summed E-state index contributed by atoms with van der Waals surface area (Å²) < 4.78 is 10.7. The van der Waals surface area contributed by atoms with Crippen LogP contribution in [0, 0.1) is 12.3 Å². The lowest BCUT2D eigenvalue weighted by Gasteiger charge is -2.08. The van der Waals surface area contributed by atoms with E-state index < -0.39 is 0 Å². The second kappa shape index (κ2) is 9.90. The van der Waals surface area contributed by atoms with Crippen molar-refractivity contribution in [3.63, 3.8) is 0 Å². The molecule has 1 N–H and O–H groups in total. The molecule has 0 aromatic heterocycles. The van der Waals surface area contributed by atoms with Gasteiger partial charge in [-0.05, 0) is 55.3 Å². The summed E-state index contributed by atoms with van der Waals surface area (Å²) in [6.07, 6.45) is 5.84. The number of carbonyl (C=O) groups excluding carboxylic acids is 2. The first kappa shape index (κ1) is 19.1. The molecule has 0 bridgehead atoms. The molecule has 26 heavy (non-hydrogen) atoms. The highest BCUT2D eigenvalue weighted by atomic mass is 16.5. The molecule has 5 heteroatoms. The predicted octanol–water partition coefficient (Wildman–Crippen LogP) is 2.64. The molecule has 0 heterocycles. The van der Waals surface area contributed by atoms with E-state index in [0.717, 1.165) is 11.3 Å². The van der Waals surface area contributed by atoms with E-state index in [4.69, 9.17) is 15.9 Å². The molecular formula is C21H21NO4. The summed E-state index contributed by atoms with van der Waals surface area (Å²) in [6.45, 7) is 2.18. The SMILES string of the molecule is C#CCOc1ccc(CCNC(=O)COc2ccc(C(C)=O)cc2)cc1. The first-order valence-corrected chi connectivity index (χ1v) is 8.24. The van der Waals surface area contributed by atoms with Gasteiger partial charge < -0.3 is 14.8 Å². The highest BCUT2D eigenvalue weighted by molar-refractivity contribution is 5.94. The number of ether oxygens (including phenoxy) is 2. The number of rotatable bonds is 9. The monoisotopic (exact) mass is 351 g/mol. The maximum Gasteiger partial charge on any atom is 0.257 e. The maximum absolute atomic E-state index is 11.8. The number of amides is 1. The van der Waals surface area contributed by atoms with E-state index in [1.165, 1.54) is 6.92 Å². The van der Waals surface area contributed by atoms with Gasteiger partial charge in [0.2, 0.25) is 0 Å². The van der Waals surface area contributed by atoms with Crippen molar-refractivity contribution in [2.45, 2.75) is 13.3 Å². The minimum absolute atomic E-state index is 0.00932. The zero-order valence-corrected chi connectivity index (χ0v) is 14.7. The quantitative estimate of drug-likeness (QED) is 0.557. The lowest BCUT2D eigenvalue weighted by atomic mass is 10.1. The Bertz CT molecular complexity index is 773. The molecule has 2 aromatic carbocycles. The minimum atomic E-state index is -0.199. The standard InChI is InChI=1S/C21H21NO4/c1-3-14-25-19-8-4-17(5-9-19)12-13-22-21(24)15-26-20-10-6-18(7-11-20)16(2)23/h1,4-11H,12-15H2,2H3,(H,22,24). The van der Waals surface area contributed by atoms with Gasteiger partial charge in [-0.3, -0.25) is 9.59 Å². The summed E-state index contributed by atoms with van der Waals surface area (Å²) in [6, 6.07) is 14.3. The lowest BCUT2D eigenvalue weighted by Crippen LogP contribution is -2.30. The molecule has 1 amide bonds. The molecule has 2 rings (SSSR count). The van der Waals surface area contributed by atoms with E-state index in [9.17, 15) is 9.59 Å². The van der Waals surface area contributed by atoms with Gasteiger partial charge in [0.05, 0.1) is 0 Å². The Morgan fingerprint density at radius 2 is 1.62 bits per heavy atom. The van der Waals surface area contributed by atoms with Crippen molar-refractivity contribution < 1.29 is 19.1 Å². The molecule has 2 aromatic rings. The number of ketones is 1. The molecule has 0 aliphatic heterocycles. The lowest BCUT2D eigenvalue weighted by molar-refractivity contribution is -0.123. The van der Waals surface area contributed by atoms with Gasteiger partial charge in [-0.1, -0.05) is 18.1 Å². The smallest absolute Gasteiger partial charge is 0.257 e. The Morgan fingerprint density at radius 3 is 2.23 bits per heavy atom. The predicted molar refractivity (Wildman–Crippen MR) is 99.4 cm³/mol. The Kier molecular flexibility index (Phi) is 7.26. The molecule has 0 aliphatic carbocycles. The molecule has 5 nitrogen and oxygen atoms in total. The number of Topliss-reactive ketones (excluding diaryl/α,β-unsaturated/α-hetero) is 1. The topological polar surface area (TPSA) is 64.6 Å². The summed E-state index contributed by atoms with van der Waals surface area (Å²) in [5, 5.41) is 2.80. The minimum Gasteiger partial charge on any atom is -0.484 e. The van der Waals surface area contributed by atoms with Crippen molar-refractivity contribution in [3.05, 3.63) is 59.7 Å². The molecule has 0 fully saturated rings. The van der Waals surface area contributed by atoms with Gasteiger partial charge in [0, 0.05) is 12.1 Å². The van der Waals surface area contributed by atoms with Crippen LogP contribution < -0.4 is 14.8 Å². The highest BCUT2D eigenvalue weighted by Crippen LogP contribution is 2.13. The van der Waals surface area contributed by atoms with Crippen LogP contribution in [0.2, 0.25) is 0 Å². The summed E-state index contributed by atoms with van der Waals surface area (Å²) in [4.78, 5) is 23.0. The number of hydrogen-bond donors (Lipinski definition) is 1. The number of carbonyl (C=O) groups is 2. The Labute approximate surface area is 153 Å². The third-order valence-corrected chi connectivity index (χ3v) is 3.61. The summed E-state index contributed by atoms with van der Waals surface area (Å²) in [7, 11) is 0. The molecule has 0 saturated heterocycles. The number of hydrogen-bond acceptors (Lipinski definition) is 4. The number of terminal acetylenes is 1. The third kappa shape index (κ3) is 6.33. The summed E-state index contributed by atoms with van der Waals surface area (Å²) in [5.41, 5.74) is 1.69. The van der Waals surface area contributed by atoms with E-state index in [0.29, 0.717) is 24.3 Å².